The minimum absolute atomic E-state index is 0.643. The van der Waals surface area contributed by atoms with Gasteiger partial charge in [0.2, 0.25) is 0 Å². The van der Waals surface area contributed by atoms with Crippen molar-refractivity contribution in [1.82, 2.24) is 25.5 Å². The van der Waals surface area contributed by atoms with Gasteiger partial charge in [-0.15, -0.1) is 15.0 Å². The van der Waals surface area contributed by atoms with Gasteiger partial charge in [0.1, 0.15) is 0 Å². The monoisotopic (exact) mass is 257 g/mol. The van der Waals surface area contributed by atoms with E-state index in [4.69, 9.17) is 0 Å². The van der Waals surface area contributed by atoms with Gasteiger partial charge in [-0.1, -0.05) is 12.1 Å². The number of tetrazole rings is 1. The average molecular weight is 257 g/mol. The zero-order valence-electron chi connectivity index (χ0n) is 11.2. The Morgan fingerprint density at radius 3 is 3.16 bits per heavy atom. The van der Waals surface area contributed by atoms with E-state index >= 15 is 0 Å². The van der Waals surface area contributed by atoms with E-state index in [0.29, 0.717) is 5.92 Å². The average Bonchev–Trinajstić information content (AvgIpc) is 2.88. The highest BCUT2D eigenvalue weighted by Gasteiger charge is 2.16. The van der Waals surface area contributed by atoms with Gasteiger partial charge >= 0.3 is 0 Å². The van der Waals surface area contributed by atoms with Gasteiger partial charge < -0.3 is 5.32 Å². The zero-order chi connectivity index (χ0) is 13.1. The highest BCUT2D eigenvalue weighted by molar-refractivity contribution is 5.32. The van der Waals surface area contributed by atoms with Crippen molar-refractivity contribution in [1.29, 1.82) is 0 Å². The van der Waals surface area contributed by atoms with E-state index < -0.39 is 0 Å². The molecule has 1 saturated heterocycles. The first kappa shape index (κ1) is 12.3. The topological polar surface area (TPSA) is 55.6 Å². The van der Waals surface area contributed by atoms with Crippen molar-refractivity contribution >= 4 is 0 Å². The SMILES string of the molecule is Cc1cccc(-n2nnc(CC3CCCNC3)n2)c1. The van der Waals surface area contributed by atoms with Crippen LogP contribution in [0.2, 0.25) is 0 Å². The Balaban J connectivity index is 1.72. The highest BCUT2D eigenvalue weighted by Crippen LogP contribution is 2.14. The summed E-state index contributed by atoms with van der Waals surface area (Å²) in [5.74, 6) is 1.49. The molecule has 1 N–H and O–H groups in total. The molecule has 19 heavy (non-hydrogen) atoms. The fourth-order valence-electron chi connectivity index (χ4n) is 2.54. The van der Waals surface area contributed by atoms with Gasteiger partial charge in [-0.2, -0.15) is 0 Å². The molecule has 1 atom stereocenters. The predicted octanol–water partition coefficient (Wildman–Crippen LogP) is 1.51. The highest BCUT2D eigenvalue weighted by atomic mass is 15.6. The van der Waals surface area contributed by atoms with Crippen LogP contribution < -0.4 is 5.32 Å². The van der Waals surface area contributed by atoms with Crippen LogP contribution >= 0.6 is 0 Å². The van der Waals surface area contributed by atoms with Crippen LogP contribution in [0, 0.1) is 12.8 Å². The van der Waals surface area contributed by atoms with E-state index in [1.54, 1.807) is 4.80 Å². The molecule has 1 aliphatic heterocycles. The molecule has 0 radical (unpaired) electrons. The largest absolute Gasteiger partial charge is 0.316 e. The first-order valence-electron chi connectivity index (χ1n) is 6.88. The van der Waals surface area contributed by atoms with Crippen LogP contribution in [0.3, 0.4) is 0 Å². The molecule has 1 aromatic heterocycles. The summed E-state index contributed by atoms with van der Waals surface area (Å²) in [5, 5.41) is 16.2. The summed E-state index contributed by atoms with van der Waals surface area (Å²) in [6.45, 7) is 4.27. The fourth-order valence-corrected chi connectivity index (χ4v) is 2.54. The van der Waals surface area contributed by atoms with Crippen molar-refractivity contribution in [2.75, 3.05) is 13.1 Å². The number of piperidine rings is 1. The number of rotatable bonds is 3. The first-order chi connectivity index (χ1) is 9.31. The number of hydrogen-bond acceptors (Lipinski definition) is 4. The molecule has 100 valence electrons. The Morgan fingerprint density at radius 2 is 2.37 bits per heavy atom. The molecule has 3 rings (SSSR count). The molecule has 0 spiro atoms. The van der Waals surface area contributed by atoms with E-state index in [-0.39, 0.29) is 0 Å². The molecule has 0 saturated carbocycles. The number of aryl methyl sites for hydroxylation is 1. The smallest absolute Gasteiger partial charge is 0.175 e. The molecule has 2 heterocycles. The quantitative estimate of drug-likeness (QED) is 0.905. The minimum atomic E-state index is 0.643. The number of nitrogens with one attached hydrogen (secondary N) is 1. The molecule has 1 fully saturated rings. The summed E-state index contributed by atoms with van der Waals surface area (Å²) in [4.78, 5) is 1.62. The van der Waals surface area contributed by atoms with Gasteiger partial charge in [0.05, 0.1) is 5.69 Å². The second-order valence-corrected chi connectivity index (χ2v) is 5.25. The predicted molar refractivity (Wildman–Crippen MR) is 73.2 cm³/mol. The number of benzene rings is 1. The maximum Gasteiger partial charge on any atom is 0.175 e. The maximum atomic E-state index is 4.48. The Bertz CT molecular complexity index is 542. The molecule has 1 aromatic carbocycles. The van der Waals surface area contributed by atoms with Crippen molar-refractivity contribution in [3.63, 3.8) is 0 Å². The lowest BCUT2D eigenvalue weighted by atomic mass is 9.96. The van der Waals surface area contributed by atoms with E-state index in [1.807, 2.05) is 12.1 Å². The maximum absolute atomic E-state index is 4.48. The lowest BCUT2D eigenvalue weighted by molar-refractivity contribution is 0.370. The van der Waals surface area contributed by atoms with Crippen LogP contribution in [0.25, 0.3) is 5.69 Å². The van der Waals surface area contributed by atoms with E-state index in [1.165, 1.54) is 18.4 Å². The summed E-state index contributed by atoms with van der Waals surface area (Å²) in [6.07, 6.45) is 3.42. The third-order valence-electron chi connectivity index (χ3n) is 3.56. The van der Waals surface area contributed by atoms with Gasteiger partial charge in [-0.3, -0.25) is 0 Å². The van der Waals surface area contributed by atoms with Crippen molar-refractivity contribution in [2.24, 2.45) is 5.92 Å². The third kappa shape index (κ3) is 2.98. The summed E-state index contributed by atoms with van der Waals surface area (Å²) < 4.78 is 0. The Labute approximate surface area is 113 Å². The van der Waals surface area contributed by atoms with Crippen LogP contribution in [0.4, 0.5) is 0 Å². The van der Waals surface area contributed by atoms with Gasteiger partial charge in [0.15, 0.2) is 5.82 Å². The van der Waals surface area contributed by atoms with Gasteiger partial charge in [-0.25, -0.2) is 0 Å². The van der Waals surface area contributed by atoms with Crippen LogP contribution in [0.15, 0.2) is 24.3 Å². The van der Waals surface area contributed by atoms with Crippen molar-refractivity contribution in [3.05, 3.63) is 35.7 Å². The van der Waals surface area contributed by atoms with Gasteiger partial charge in [0, 0.05) is 6.42 Å². The first-order valence-corrected chi connectivity index (χ1v) is 6.88. The van der Waals surface area contributed by atoms with E-state index in [0.717, 1.165) is 31.0 Å². The molecule has 5 nitrogen and oxygen atoms in total. The number of hydrogen-bond donors (Lipinski definition) is 1. The minimum Gasteiger partial charge on any atom is -0.316 e. The molecular weight excluding hydrogens is 238 g/mol. The zero-order valence-corrected chi connectivity index (χ0v) is 11.2. The molecule has 0 bridgehead atoms. The Hall–Kier alpha value is -1.75. The molecule has 5 heteroatoms. The van der Waals surface area contributed by atoms with E-state index in [9.17, 15) is 0 Å². The number of nitrogens with zero attached hydrogens (tertiary/aromatic N) is 4. The normalized spacial score (nSPS) is 19.5. The molecule has 1 unspecified atom stereocenters. The standard InChI is InChI=1S/C14H19N5/c1-11-4-2-6-13(8-11)19-17-14(16-18-19)9-12-5-3-7-15-10-12/h2,4,6,8,12,15H,3,5,7,9-10H2,1H3. The Kier molecular flexibility index (Phi) is 3.55. The second-order valence-electron chi connectivity index (χ2n) is 5.25. The summed E-state index contributed by atoms with van der Waals surface area (Å²) >= 11 is 0. The molecule has 0 aliphatic carbocycles. The lowest BCUT2D eigenvalue weighted by Crippen LogP contribution is -2.31. The molecule has 1 aliphatic rings. The lowest BCUT2D eigenvalue weighted by Gasteiger charge is -2.20. The number of aromatic nitrogens is 4. The van der Waals surface area contributed by atoms with Crippen LogP contribution in [0.1, 0.15) is 24.2 Å². The van der Waals surface area contributed by atoms with Crippen molar-refractivity contribution in [2.45, 2.75) is 26.2 Å². The van der Waals surface area contributed by atoms with Gasteiger partial charge in [0.25, 0.3) is 0 Å². The Morgan fingerprint density at radius 1 is 1.42 bits per heavy atom. The summed E-state index contributed by atoms with van der Waals surface area (Å²) in [6, 6.07) is 8.14. The molecular formula is C14H19N5. The van der Waals surface area contributed by atoms with Crippen LogP contribution in [-0.4, -0.2) is 33.3 Å². The van der Waals surface area contributed by atoms with Crippen molar-refractivity contribution in [3.8, 4) is 5.69 Å². The van der Waals surface area contributed by atoms with E-state index in [2.05, 4.69) is 39.8 Å². The molecule has 2 aromatic rings. The van der Waals surface area contributed by atoms with Crippen LogP contribution in [-0.2, 0) is 6.42 Å². The summed E-state index contributed by atoms with van der Waals surface area (Å²) in [7, 11) is 0. The second kappa shape index (κ2) is 5.48. The van der Waals surface area contributed by atoms with Crippen LogP contribution in [0.5, 0.6) is 0 Å². The summed E-state index contributed by atoms with van der Waals surface area (Å²) in [5.41, 5.74) is 2.17. The third-order valence-corrected chi connectivity index (χ3v) is 3.56. The van der Waals surface area contributed by atoms with Crippen molar-refractivity contribution < 1.29 is 0 Å². The molecule has 0 amide bonds. The fraction of sp³-hybridized carbons (Fsp3) is 0.500. The van der Waals surface area contributed by atoms with Gasteiger partial charge in [-0.05, 0) is 61.7 Å².